The van der Waals surface area contributed by atoms with Gasteiger partial charge in [-0.2, -0.15) is 0 Å². The predicted molar refractivity (Wildman–Crippen MR) is 109 cm³/mol. The minimum absolute atomic E-state index is 0.261. The predicted octanol–water partition coefficient (Wildman–Crippen LogP) is 4.94. The third-order valence-corrected chi connectivity index (χ3v) is 6.18. The first kappa shape index (κ1) is 21.4. The summed E-state index contributed by atoms with van der Waals surface area (Å²) in [5, 5.41) is 10.2. The van der Waals surface area contributed by atoms with Gasteiger partial charge in [-0.05, 0) is 50.3 Å². The quantitative estimate of drug-likeness (QED) is 0.729. The van der Waals surface area contributed by atoms with Crippen LogP contribution in [0.25, 0.3) is 5.57 Å². The molecule has 2 aliphatic rings. The number of carboxylic acid groups (broad SMARTS) is 1. The van der Waals surface area contributed by atoms with E-state index in [1.165, 1.54) is 12.1 Å². The zero-order chi connectivity index (χ0) is 21.2. The number of nitrogens with zero attached hydrogens (tertiary/aromatic N) is 1. The number of benzene rings is 1. The zero-order valence-corrected chi connectivity index (χ0v) is 17.6. The minimum atomic E-state index is -0.999. The Morgan fingerprint density at radius 2 is 2.00 bits per heavy atom. The van der Waals surface area contributed by atoms with E-state index in [2.05, 4.69) is 0 Å². The number of rotatable bonds is 6. The highest BCUT2D eigenvalue weighted by atomic mass is 19.1. The molecule has 3 rings (SSSR count). The van der Waals surface area contributed by atoms with Crippen LogP contribution in [0, 0.1) is 5.82 Å². The molecule has 0 aliphatic carbocycles. The largest absolute Gasteiger partial charge is 0.478 e. The second kappa shape index (κ2) is 8.57. The van der Waals surface area contributed by atoms with Crippen molar-refractivity contribution in [2.75, 3.05) is 13.7 Å². The fraction of sp³-hybridized carbons (Fsp3) is 0.522. The van der Waals surface area contributed by atoms with Crippen molar-refractivity contribution in [3.8, 4) is 0 Å². The first-order chi connectivity index (χ1) is 13.8. The Balaban J connectivity index is 2.25. The number of carboxylic acids is 1. The van der Waals surface area contributed by atoms with Crippen LogP contribution in [0.15, 0.2) is 41.3 Å². The molecule has 0 spiro atoms. The molecule has 0 aromatic heterocycles. The van der Waals surface area contributed by atoms with Gasteiger partial charge in [-0.1, -0.05) is 26.0 Å². The van der Waals surface area contributed by atoms with Gasteiger partial charge in [0.05, 0.1) is 23.4 Å². The molecule has 1 N–H and O–H groups in total. The summed E-state index contributed by atoms with van der Waals surface area (Å²) in [5.74, 6) is -0.839. The summed E-state index contributed by atoms with van der Waals surface area (Å²) in [6.07, 6.45) is 3.62. The highest BCUT2D eigenvalue weighted by Crippen LogP contribution is 2.46. The van der Waals surface area contributed by atoms with Gasteiger partial charge in [0.25, 0.3) is 0 Å². The molecule has 6 heteroatoms. The lowest BCUT2D eigenvalue weighted by Crippen LogP contribution is -2.50. The van der Waals surface area contributed by atoms with Crippen LogP contribution in [0.1, 0.15) is 58.4 Å². The standard InChI is InChI=1S/C23H30FNO4/c1-5-17-21(29-18-9-7-8-14-28-18)19(15-10-12-16(24)13-11-15)20(22(26)27)23(3,6-2)25(17)4/h10-13,18H,5-9,14H2,1-4H3,(H,26,27). The molecular weight excluding hydrogens is 373 g/mol. The van der Waals surface area contributed by atoms with Gasteiger partial charge in [0.2, 0.25) is 0 Å². The molecule has 2 heterocycles. The zero-order valence-electron chi connectivity index (χ0n) is 17.6. The number of halogens is 1. The van der Waals surface area contributed by atoms with E-state index in [0.29, 0.717) is 36.3 Å². The van der Waals surface area contributed by atoms with Crippen LogP contribution in [0.4, 0.5) is 4.39 Å². The second-order valence-corrected chi connectivity index (χ2v) is 7.79. The van der Waals surface area contributed by atoms with E-state index in [0.717, 1.165) is 25.0 Å². The van der Waals surface area contributed by atoms with E-state index < -0.39 is 17.8 Å². The van der Waals surface area contributed by atoms with Crippen LogP contribution in [-0.4, -0.2) is 41.5 Å². The third kappa shape index (κ3) is 3.90. The van der Waals surface area contributed by atoms with Crippen LogP contribution in [0.3, 0.4) is 0 Å². The molecule has 2 unspecified atom stereocenters. The van der Waals surface area contributed by atoms with Gasteiger partial charge in [0.1, 0.15) is 11.6 Å². The number of allylic oxidation sites excluding steroid dienone is 2. The van der Waals surface area contributed by atoms with Crippen LogP contribution in [-0.2, 0) is 14.3 Å². The van der Waals surface area contributed by atoms with E-state index in [-0.39, 0.29) is 11.4 Å². The van der Waals surface area contributed by atoms with Gasteiger partial charge >= 0.3 is 5.97 Å². The molecule has 2 atom stereocenters. The van der Waals surface area contributed by atoms with Crippen molar-refractivity contribution in [3.63, 3.8) is 0 Å². The lowest BCUT2D eigenvalue weighted by Gasteiger charge is -2.47. The molecule has 0 bridgehead atoms. The molecule has 1 aromatic carbocycles. The van der Waals surface area contributed by atoms with Crippen LogP contribution in [0.5, 0.6) is 0 Å². The van der Waals surface area contributed by atoms with Crippen LogP contribution >= 0.6 is 0 Å². The topological polar surface area (TPSA) is 59.0 Å². The van der Waals surface area contributed by atoms with Gasteiger partial charge in [-0.3, -0.25) is 0 Å². The first-order valence-electron chi connectivity index (χ1n) is 10.3. The number of likely N-dealkylation sites (N-methyl/N-ethyl adjacent to an activating group) is 1. The summed E-state index contributed by atoms with van der Waals surface area (Å²) < 4.78 is 25.7. The average Bonchev–Trinajstić information content (AvgIpc) is 2.72. The molecule has 2 aliphatic heterocycles. The monoisotopic (exact) mass is 403 g/mol. The molecule has 158 valence electrons. The molecule has 5 nitrogen and oxygen atoms in total. The molecule has 1 fully saturated rings. The Kier molecular flexibility index (Phi) is 6.32. The third-order valence-electron chi connectivity index (χ3n) is 6.18. The van der Waals surface area contributed by atoms with E-state index >= 15 is 0 Å². The maximum Gasteiger partial charge on any atom is 0.334 e. The molecule has 29 heavy (non-hydrogen) atoms. The summed E-state index contributed by atoms with van der Waals surface area (Å²) in [7, 11) is 1.91. The van der Waals surface area contributed by atoms with Crippen molar-refractivity contribution >= 4 is 11.5 Å². The van der Waals surface area contributed by atoms with Crippen LogP contribution < -0.4 is 0 Å². The van der Waals surface area contributed by atoms with Gasteiger partial charge < -0.3 is 19.5 Å². The molecule has 1 saturated heterocycles. The van der Waals surface area contributed by atoms with Crippen molar-refractivity contribution in [1.82, 2.24) is 4.90 Å². The normalized spacial score (nSPS) is 25.4. The average molecular weight is 403 g/mol. The smallest absolute Gasteiger partial charge is 0.334 e. The van der Waals surface area contributed by atoms with Crippen molar-refractivity contribution in [2.24, 2.45) is 0 Å². The molecule has 0 radical (unpaired) electrons. The summed E-state index contributed by atoms with van der Waals surface area (Å²) >= 11 is 0. The van der Waals surface area contributed by atoms with Crippen molar-refractivity contribution in [3.05, 3.63) is 52.7 Å². The summed E-state index contributed by atoms with van der Waals surface area (Å²) in [6.45, 7) is 6.57. The Hall–Kier alpha value is -2.34. The Labute approximate surface area is 171 Å². The number of aliphatic carboxylic acids is 1. The van der Waals surface area contributed by atoms with Gasteiger partial charge in [0, 0.05) is 19.0 Å². The van der Waals surface area contributed by atoms with Gasteiger partial charge in [0.15, 0.2) is 6.29 Å². The molecule has 0 amide bonds. The van der Waals surface area contributed by atoms with Gasteiger partial charge in [-0.15, -0.1) is 0 Å². The maximum absolute atomic E-state index is 13.6. The Bertz CT molecular complexity index is 824. The van der Waals surface area contributed by atoms with E-state index in [9.17, 15) is 14.3 Å². The highest BCUT2D eigenvalue weighted by Gasteiger charge is 2.45. The number of hydrogen-bond donors (Lipinski definition) is 1. The summed E-state index contributed by atoms with van der Waals surface area (Å²) in [6, 6.07) is 5.94. The lowest BCUT2D eigenvalue weighted by molar-refractivity contribution is -0.139. The van der Waals surface area contributed by atoms with Gasteiger partial charge in [-0.25, -0.2) is 9.18 Å². The second-order valence-electron chi connectivity index (χ2n) is 7.79. The molecule has 0 saturated carbocycles. The minimum Gasteiger partial charge on any atom is -0.478 e. The molecular formula is C23H30FNO4. The number of hydrogen-bond acceptors (Lipinski definition) is 4. The van der Waals surface area contributed by atoms with Crippen molar-refractivity contribution in [1.29, 1.82) is 0 Å². The summed E-state index contributed by atoms with van der Waals surface area (Å²) in [5.41, 5.74) is 1.62. The fourth-order valence-corrected chi connectivity index (χ4v) is 4.25. The van der Waals surface area contributed by atoms with E-state index in [1.807, 2.05) is 32.7 Å². The Morgan fingerprint density at radius 1 is 1.31 bits per heavy atom. The van der Waals surface area contributed by atoms with Crippen molar-refractivity contribution < 1.29 is 23.8 Å². The van der Waals surface area contributed by atoms with Crippen molar-refractivity contribution in [2.45, 2.75) is 64.7 Å². The maximum atomic E-state index is 13.6. The molecule has 1 aromatic rings. The van der Waals surface area contributed by atoms with E-state index in [1.54, 1.807) is 12.1 Å². The number of ether oxygens (including phenoxy) is 2. The lowest BCUT2D eigenvalue weighted by atomic mass is 9.77. The highest BCUT2D eigenvalue weighted by molar-refractivity contribution is 6.03. The first-order valence-corrected chi connectivity index (χ1v) is 10.3. The Morgan fingerprint density at radius 3 is 2.52 bits per heavy atom. The number of carbonyl (C=O) groups is 1. The SMILES string of the molecule is CCC1=C(OC2CCCCO2)C(c2ccc(F)cc2)=C(C(=O)O)C(C)(CC)N1C. The summed E-state index contributed by atoms with van der Waals surface area (Å²) in [4.78, 5) is 14.5. The van der Waals surface area contributed by atoms with E-state index in [4.69, 9.17) is 9.47 Å². The fourth-order valence-electron chi connectivity index (χ4n) is 4.25. The van der Waals surface area contributed by atoms with Crippen LogP contribution in [0.2, 0.25) is 0 Å².